The molecule has 2 aromatic carbocycles. The molecular weight excluding hydrogens is 364 g/mol. The first-order valence-electron chi connectivity index (χ1n) is 9.75. The molecule has 0 N–H and O–H groups in total. The van der Waals surface area contributed by atoms with E-state index in [2.05, 4.69) is 13.5 Å². The largest absolute Gasteiger partial charge is 0.462 e. The number of nitrogens with zero attached hydrogens (tertiary/aromatic N) is 2. The highest BCUT2D eigenvalue weighted by Gasteiger charge is 2.22. The molecule has 29 heavy (non-hydrogen) atoms. The number of methoxy groups -OCH3 is 1. The van der Waals surface area contributed by atoms with E-state index in [1.54, 1.807) is 23.9 Å². The molecule has 5 nitrogen and oxygen atoms in total. The summed E-state index contributed by atoms with van der Waals surface area (Å²) in [6.07, 6.45) is 3.58. The van der Waals surface area contributed by atoms with Gasteiger partial charge in [-0.05, 0) is 12.5 Å². The van der Waals surface area contributed by atoms with Crippen molar-refractivity contribution in [3.8, 4) is 22.5 Å². The first-order chi connectivity index (χ1) is 14.2. The van der Waals surface area contributed by atoms with E-state index in [1.807, 2.05) is 48.5 Å². The Labute approximate surface area is 171 Å². The van der Waals surface area contributed by atoms with Gasteiger partial charge in [-0.15, -0.1) is 0 Å². The van der Waals surface area contributed by atoms with E-state index < -0.39 is 0 Å². The fourth-order valence-electron chi connectivity index (χ4n) is 3.24. The predicted molar refractivity (Wildman–Crippen MR) is 115 cm³/mol. The Kier molecular flexibility index (Phi) is 6.98. The number of esters is 1. The minimum absolute atomic E-state index is 0.286. The molecule has 1 aromatic heterocycles. The van der Waals surface area contributed by atoms with Gasteiger partial charge in [0.25, 0.3) is 0 Å². The molecule has 150 valence electrons. The zero-order valence-corrected chi connectivity index (χ0v) is 16.9. The van der Waals surface area contributed by atoms with Gasteiger partial charge in [-0.1, -0.05) is 74.5 Å². The summed E-state index contributed by atoms with van der Waals surface area (Å²) in [5, 5.41) is 4.77. The first-order valence-corrected chi connectivity index (χ1v) is 9.75. The quantitative estimate of drug-likeness (QED) is 0.362. The first kappa shape index (κ1) is 20.6. The molecule has 0 aliphatic carbocycles. The fraction of sp³-hybridized carbons (Fsp3) is 0.250. The van der Waals surface area contributed by atoms with Crippen LogP contribution in [-0.4, -0.2) is 29.5 Å². The van der Waals surface area contributed by atoms with E-state index >= 15 is 0 Å². The second-order valence-corrected chi connectivity index (χ2v) is 6.63. The predicted octanol–water partition coefficient (Wildman–Crippen LogP) is 5.42. The van der Waals surface area contributed by atoms with Crippen molar-refractivity contribution in [1.82, 2.24) is 9.78 Å². The number of hydrogen-bond acceptors (Lipinski definition) is 4. The standard InChI is InChI=1S/C24H26N2O3/c1-4-6-16-29-24(27)21-15-11-10-14-20(21)22-19(5-2)23(26(25-22)17-28-3)18-12-8-7-9-13-18/h5,7-15H,2,4,6,16-17H2,1,3H3. The highest BCUT2D eigenvalue weighted by atomic mass is 16.5. The van der Waals surface area contributed by atoms with Crippen LogP contribution < -0.4 is 0 Å². The van der Waals surface area contributed by atoms with Crippen LogP contribution in [0.4, 0.5) is 0 Å². The molecule has 3 rings (SSSR count). The van der Waals surface area contributed by atoms with Crippen molar-refractivity contribution in [2.45, 2.75) is 26.5 Å². The molecule has 1 heterocycles. The molecule has 3 aromatic rings. The average Bonchev–Trinajstić information content (AvgIpc) is 3.13. The molecular formula is C24H26N2O3. The van der Waals surface area contributed by atoms with Gasteiger partial charge in [-0.2, -0.15) is 5.10 Å². The Hall–Kier alpha value is -3.18. The molecule has 0 spiro atoms. The molecule has 0 radical (unpaired) electrons. The SMILES string of the molecule is C=Cc1c(-c2ccccc2C(=O)OCCCC)nn(COC)c1-c1ccccc1. The number of benzene rings is 2. The van der Waals surface area contributed by atoms with Gasteiger partial charge in [0.2, 0.25) is 0 Å². The fourth-order valence-corrected chi connectivity index (χ4v) is 3.24. The minimum atomic E-state index is -0.341. The summed E-state index contributed by atoms with van der Waals surface area (Å²) >= 11 is 0. The Morgan fingerprint density at radius 2 is 1.86 bits per heavy atom. The highest BCUT2D eigenvalue weighted by Crippen LogP contribution is 2.35. The van der Waals surface area contributed by atoms with Gasteiger partial charge in [-0.25, -0.2) is 9.48 Å². The van der Waals surface area contributed by atoms with Crippen LogP contribution in [0.25, 0.3) is 28.6 Å². The molecule has 0 saturated heterocycles. The number of rotatable bonds is 9. The maximum atomic E-state index is 12.7. The Morgan fingerprint density at radius 3 is 2.55 bits per heavy atom. The van der Waals surface area contributed by atoms with Crippen LogP contribution in [0, 0.1) is 0 Å². The summed E-state index contributed by atoms with van der Waals surface area (Å²) < 4.78 is 12.6. The maximum absolute atomic E-state index is 12.7. The van der Waals surface area contributed by atoms with E-state index in [0.717, 1.165) is 35.2 Å². The summed E-state index contributed by atoms with van der Waals surface area (Å²) in [7, 11) is 1.63. The lowest BCUT2D eigenvalue weighted by Crippen LogP contribution is -2.08. The molecule has 0 aliphatic heterocycles. The van der Waals surface area contributed by atoms with Crippen LogP contribution >= 0.6 is 0 Å². The van der Waals surface area contributed by atoms with Crippen LogP contribution in [-0.2, 0) is 16.2 Å². The van der Waals surface area contributed by atoms with E-state index in [1.165, 1.54) is 0 Å². The Bertz CT molecular complexity index is 977. The van der Waals surface area contributed by atoms with Crippen LogP contribution in [0.3, 0.4) is 0 Å². The molecule has 0 aliphatic rings. The zero-order valence-electron chi connectivity index (χ0n) is 16.9. The van der Waals surface area contributed by atoms with E-state index in [4.69, 9.17) is 14.6 Å². The third kappa shape index (κ3) is 4.46. The second-order valence-electron chi connectivity index (χ2n) is 6.63. The number of unbranched alkanes of at least 4 members (excludes halogenated alkanes) is 1. The topological polar surface area (TPSA) is 53.3 Å². The summed E-state index contributed by atoms with van der Waals surface area (Å²) in [5.41, 5.74) is 4.64. The van der Waals surface area contributed by atoms with Crippen LogP contribution in [0.1, 0.15) is 35.7 Å². The van der Waals surface area contributed by atoms with Crippen molar-refractivity contribution in [2.75, 3.05) is 13.7 Å². The number of hydrogen-bond donors (Lipinski definition) is 0. The lowest BCUT2D eigenvalue weighted by atomic mass is 9.98. The smallest absolute Gasteiger partial charge is 0.338 e. The zero-order chi connectivity index (χ0) is 20.6. The summed E-state index contributed by atoms with van der Waals surface area (Å²) in [4.78, 5) is 12.7. The van der Waals surface area contributed by atoms with E-state index in [-0.39, 0.29) is 12.7 Å². The van der Waals surface area contributed by atoms with E-state index in [9.17, 15) is 4.79 Å². The summed E-state index contributed by atoms with van der Waals surface area (Å²) in [6.45, 7) is 6.76. The Morgan fingerprint density at radius 1 is 1.14 bits per heavy atom. The molecule has 0 saturated carbocycles. The molecule has 0 bridgehead atoms. The second kappa shape index (κ2) is 9.85. The van der Waals surface area contributed by atoms with Gasteiger partial charge in [-0.3, -0.25) is 0 Å². The summed E-state index contributed by atoms with van der Waals surface area (Å²) in [5.74, 6) is -0.341. The van der Waals surface area contributed by atoms with Crippen LogP contribution in [0.2, 0.25) is 0 Å². The molecule has 0 unspecified atom stereocenters. The van der Waals surface area contributed by atoms with Gasteiger partial charge in [0.05, 0.1) is 17.9 Å². The van der Waals surface area contributed by atoms with Crippen molar-refractivity contribution in [1.29, 1.82) is 0 Å². The molecule has 0 atom stereocenters. The van der Waals surface area contributed by atoms with Gasteiger partial charge in [0, 0.05) is 23.8 Å². The molecule has 0 fully saturated rings. The third-order valence-corrected chi connectivity index (χ3v) is 4.62. The minimum Gasteiger partial charge on any atom is -0.462 e. The number of aromatic nitrogens is 2. The van der Waals surface area contributed by atoms with E-state index in [0.29, 0.717) is 17.9 Å². The van der Waals surface area contributed by atoms with Crippen LogP contribution in [0.15, 0.2) is 61.2 Å². The molecule has 0 amide bonds. The highest BCUT2D eigenvalue weighted by molar-refractivity contribution is 5.98. The lowest BCUT2D eigenvalue weighted by molar-refractivity contribution is 0.0500. The third-order valence-electron chi connectivity index (χ3n) is 4.62. The van der Waals surface area contributed by atoms with Crippen molar-refractivity contribution in [3.63, 3.8) is 0 Å². The van der Waals surface area contributed by atoms with Crippen molar-refractivity contribution >= 4 is 12.0 Å². The van der Waals surface area contributed by atoms with Crippen LogP contribution in [0.5, 0.6) is 0 Å². The maximum Gasteiger partial charge on any atom is 0.338 e. The Balaban J connectivity index is 2.13. The molecule has 5 heteroatoms. The van der Waals surface area contributed by atoms with Crippen molar-refractivity contribution < 1.29 is 14.3 Å². The number of carbonyl (C=O) groups excluding carboxylic acids is 1. The monoisotopic (exact) mass is 390 g/mol. The van der Waals surface area contributed by atoms with Crippen molar-refractivity contribution in [3.05, 3.63) is 72.3 Å². The normalized spacial score (nSPS) is 10.7. The number of carbonyl (C=O) groups is 1. The van der Waals surface area contributed by atoms with Gasteiger partial charge in [0.15, 0.2) is 0 Å². The average molecular weight is 390 g/mol. The number of ether oxygens (including phenoxy) is 2. The van der Waals surface area contributed by atoms with Gasteiger partial charge in [0.1, 0.15) is 12.4 Å². The summed E-state index contributed by atoms with van der Waals surface area (Å²) in [6, 6.07) is 17.3. The van der Waals surface area contributed by atoms with Gasteiger partial charge < -0.3 is 9.47 Å². The van der Waals surface area contributed by atoms with Crippen molar-refractivity contribution in [2.24, 2.45) is 0 Å². The van der Waals surface area contributed by atoms with Gasteiger partial charge >= 0.3 is 5.97 Å². The lowest BCUT2D eigenvalue weighted by Gasteiger charge is -2.09.